The number of nitrogens with zero attached hydrogens (tertiary/aromatic N) is 1. The lowest BCUT2D eigenvalue weighted by Crippen LogP contribution is -2.48. The van der Waals surface area contributed by atoms with Gasteiger partial charge >= 0.3 is 5.69 Å². The fourth-order valence-electron chi connectivity index (χ4n) is 3.75. The maximum Gasteiger partial charge on any atom is 0.315 e. The fraction of sp³-hybridized carbons (Fsp3) is 0.680. The summed E-state index contributed by atoms with van der Waals surface area (Å²) in [5, 5.41) is 11.7. The molecule has 0 aliphatic carbocycles. The predicted molar refractivity (Wildman–Crippen MR) is 138 cm³/mol. The Balaban J connectivity index is 3.32. The van der Waals surface area contributed by atoms with E-state index in [1.807, 2.05) is 6.92 Å². The first-order chi connectivity index (χ1) is 15.6. The van der Waals surface area contributed by atoms with Crippen LogP contribution in [0.4, 0.5) is 5.69 Å². The van der Waals surface area contributed by atoms with Crippen molar-refractivity contribution in [1.82, 2.24) is 0 Å². The topological polar surface area (TPSA) is 89.3 Å². The SMILES string of the molecule is C=C(C)[C@@H](O[Si](C)(C)C(C)(C)C)[C@H](C[C@H](C)Cc1c(OC)c(OC)cc([N+](=O)[O-])c1OC)OC. The smallest absolute Gasteiger partial charge is 0.315 e. The van der Waals surface area contributed by atoms with Gasteiger partial charge in [0.15, 0.2) is 19.8 Å². The molecule has 0 aliphatic heterocycles. The molecule has 0 bridgehead atoms. The molecule has 0 saturated carbocycles. The molecule has 0 aliphatic rings. The molecule has 1 rings (SSSR count). The molecule has 0 heterocycles. The maximum absolute atomic E-state index is 11.7. The molecule has 0 radical (unpaired) electrons. The Bertz CT molecular complexity index is 864. The van der Waals surface area contributed by atoms with Crippen molar-refractivity contribution in [2.75, 3.05) is 28.4 Å². The summed E-state index contributed by atoms with van der Waals surface area (Å²) < 4.78 is 29.0. The van der Waals surface area contributed by atoms with Crippen molar-refractivity contribution in [3.63, 3.8) is 0 Å². The Kier molecular flexibility index (Phi) is 10.6. The third-order valence-electron chi connectivity index (χ3n) is 6.64. The van der Waals surface area contributed by atoms with E-state index in [2.05, 4.69) is 47.4 Å². The number of nitro groups is 1. The summed E-state index contributed by atoms with van der Waals surface area (Å²) in [7, 11) is 4.00. The molecule has 34 heavy (non-hydrogen) atoms. The highest BCUT2D eigenvalue weighted by atomic mass is 28.4. The molecule has 0 unspecified atom stereocenters. The van der Waals surface area contributed by atoms with E-state index in [0.29, 0.717) is 29.9 Å². The van der Waals surface area contributed by atoms with Gasteiger partial charge in [0.2, 0.25) is 5.75 Å². The summed E-state index contributed by atoms with van der Waals surface area (Å²) in [6, 6.07) is 1.33. The quantitative estimate of drug-likeness (QED) is 0.139. The highest BCUT2D eigenvalue weighted by Crippen LogP contribution is 2.46. The zero-order valence-electron chi connectivity index (χ0n) is 22.7. The number of hydrogen-bond acceptors (Lipinski definition) is 7. The molecule has 0 fully saturated rings. The van der Waals surface area contributed by atoms with Crippen molar-refractivity contribution < 1.29 is 28.3 Å². The highest BCUT2D eigenvalue weighted by Gasteiger charge is 2.41. The largest absolute Gasteiger partial charge is 0.493 e. The Labute approximate surface area is 205 Å². The normalized spacial score (nSPS) is 14.8. The van der Waals surface area contributed by atoms with Crippen molar-refractivity contribution in [2.24, 2.45) is 5.92 Å². The summed E-state index contributed by atoms with van der Waals surface area (Å²) in [6.07, 6.45) is 0.642. The van der Waals surface area contributed by atoms with Crippen LogP contribution < -0.4 is 14.2 Å². The van der Waals surface area contributed by atoms with E-state index in [0.717, 1.165) is 5.57 Å². The van der Waals surface area contributed by atoms with Gasteiger partial charge in [0.25, 0.3) is 0 Å². The van der Waals surface area contributed by atoms with Gasteiger partial charge in [-0.3, -0.25) is 10.1 Å². The number of hydrogen-bond donors (Lipinski definition) is 0. The molecule has 0 amide bonds. The van der Waals surface area contributed by atoms with Crippen LogP contribution in [0.1, 0.15) is 46.6 Å². The molecule has 0 spiro atoms. The first-order valence-electron chi connectivity index (χ1n) is 11.5. The van der Waals surface area contributed by atoms with Crippen LogP contribution in [-0.2, 0) is 15.6 Å². The van der Waals surface area contributed by atoms with Crippen LogP contribution in [0.25, 0.3) is 0 Å². The molecule has 3 atom stereocenters. The monoisotopic (exact) mass is 497 g/mol. The average Bonchev–Trinajstić information content (AvgIpc) is 2.73. The molecule has 9 heteroatoms. The second-order valence-corrected chi connectivity index (χ2v) is 15.1. The lowest BCUT2D eigenvalue weighted by atomic mass is 9.90. The number of methoxy groups -OCH3 is 4. The lowest BCUT2D eigenvalue weighted by Gasteiger charge is -2.41. The van der Waals surface area contributed by atoms with Crippen molar-refractivity contribution in [2.45, 2.75) is 77.8 Å². The van der Waals surface area contributed by atoms with Crippen LogP contribution >= 0.6 is 0 Å². The standard InChI is InChI=1S/C25H43NO7Si/c1-16(2)22(33-34(11,12)25(4,5)6)20(29-7)14-17(3)13-18-23(31-9)19(26(27)28)15-21(30-8)24(18)32-10/h15,17,20,22H,1,13-14H2,2-12H3/t17-,20+,22-/m1/s1. The number of ether oxygens (including phenoxy) is 4. The molecular weight excluding hydrogens is 454 g/mol. The van der Waals surface area contributed by atoms with Crippen LogP contribution in [0, 0.1) is 16.0 Å². The van der Waals surface area contributed by atoms with Gasteiger partial charge in [-0.1, -0.05) is 39.8 Å². The van der Waals surface area contributed by atoms with Crippen molar-refractivity contribution in [3.05, 3.63) is 33.9 Å². The van der Waals surface area contributed by atoms with Crippen molar-refractivity contribution in [1.29, 1.82) is 0 Å². The minimum Gasteiger partial charge on any atom is -0.493 e. The second kappa shape index (κ2) is 12.0. The molecular formula is C25H43NO7Si. The Hall–Kier alpha value is -2.10. The van der Waals surface area contributed by atoms with Crippen LogP contribution in [0.3, 0.4) is 0 Å². The second-order valence-electron chi connectivity index (χ2n) is 10.4. The first kappa shape index (κ1) is 29.9. The van der Waals surface area contributed by atoms with E-state index < -0.39 is 13.2 Å². The summed E-state index contributed by atoms with van der Waals surface area (Å²) in [4.78, 5) is 11.2. The molecule has 0 aromatic heterocycles. The third-order valence-corrected chi connectivity index (χ3v) is 11.1. The third kappa shape index (κ3) is 6.96. The molecule has 8 nitrogen and oxygen atoms in total. The molecule has 1 aromatic rings. The number of rotatable bonds is 13. The predicted octanol–water partition coefficient (Wildman–Crippen LogP) is 6.17. The van der Waals surface area contributed by atoms with Crippen molar-refractivity contribution >= 4 is 14.0 Å². The van der Waals surface area contributed by atoms with E-state index in [-0.39, 0.29) is 34.6 Å². The number of benzene rings is 1. The van der Waals surface area contributed by atoms with Crippen LogP contribution in [-0.4, -0.2) is 53.9 Å². The molecule has 194 valence electrons. The van der Waals surface area contributed by atoms with Gasteiger partial charge in [-0.15, -0.1) is 0 Å². The average molecular weight is 498 g/mol. The van der Waals surface area contributed by atoms with E-state index in [4.69, 9.17) is 23.4 Å². The summed E-state index contributed by atoms with van der Waals surface area (Å²) in [6.45, 7) is 19.2. The van der Waals surface area contributed by atoms with Gasteiger partial charge in [-0.25, -0.2) is 0 Å². The summed E-state index contributed by atoms with van der Waals surface area (Å²) in [5.74, 6) is 0.961. The summed E-state index contributed by atoms with van der Waals surface area (Å²) in [5.41, 5.74) is 1.35. The Morgan fingerprint density at radius 2 is 1.68 bits per heavy atom. The van der Waals surface area contributed by atoms with E-state index in [1.165, 1.54) is 27.4 Å². The van der Waals surface area contributed by atoms with E-state index in [1.54, 1.807) is 7.11 Å². The number of nitro benzene ring substituents is 1. The van der Waals surface area contributed by atoms with E-state index >= 15 is 0 Å². The highest BCUT2D eigenvalue weighted by molar-refractivity contribution is 6.74. The minimum absolute atomic E-state index is 0.0465. The van der Waals surface area contributed by atoms with E-state index in [9.17, 15) is 10.1 Å². The Morgan fingerprint density at radius 1 is 1.12 bits per heavy atom. The minimum atomic E-state index is -2.07. The van der Waals surface area contributed by atoms with Gasteiger partial charge in [0, 0.05) is 12.7 Å². The molecule has 0 N–H and O–H groups in total. The van der Waals surface area contributed by atoms with Crippen LogP contribution in [0.5, 0.6) is 17.2 Å². The fourth-order valence-corrected chi connectivity index (χ4v) is 5.09. The van der Waals surface area contributed by atoms with Gasteiger partial charge in [0.05, 0.1) is 44.5 Å². The Morgan fingerprint density at radius 3 is 2.06 bits per heavy atom. The van der Waals surface area contributed by atoms with Gasteiger partial charge in [-0.2, -0.15) is 0 Å². The van der Waals surface area contributed by atoms with Gasteiger partial charge < -0.3 is 23.4 Å². The zero-order valence-corrected chi connectivity index (χ0v) is 23.7. The first-order valence-corrected chi connectivity index (χ1v) is 14.4. The zero-order chi connectivity index (χ0) is 26.4. The maximum atomic E-state index is 11.7. The molecule has 0 saturated heterocycles. The van der Waals surface area contributed by atoms with Gasteiger partial charge in [-0.05, 0) is 43.8 Å². The lowest BCUT2D eigenvalue weighted by molar-refractivity contribution is -0.385. The summed E-state index contributed by atoms with van der Waals surface area (Å²) >= 11 is 0. The molecule has 1 aromatic carbocycles. The van der Waals surface area contributed by atoms with Gasteiger partial charge in [0.1, 0.15) is 0 Å². The van der Waals surface area contributed by atoms with Crippen molar-refractivity contribution in [3.8, 4) is 17.2 Å². The van der Waals surface area contributed by atoms with Crippen LogP contribution in [0.2, 0.25) is 18.1 Å². The van der Waals surface area contributed by atoms with Crippen LogP contribution in [0.15, 0.2) is 18.2 Å².